The first-order valence-corrected chi connectivity index (χ1v) is 14.9. The van der Waals surface area contributed by atoms with Gasteiger partial charge in [-0.15, -0.1) is 11.8 Å². The van der Waals surface area contributed by atoms with Crippen molar-refractivity contribution < 1.29 is 24.2 Å². The number of carbonyl (C=O) groups is 3. The number of hydrogen-bond donors (Lipinski definition) is 1. The number of aryl methyl sites for hydroxylation is 2. The highest BCUT2D eigenvalue weighted by atomic mass is 32.2. The maximum absolute atomic E-state index is 14.8. The highest BCUT2D eigenvalue weighted by molar-refractivity contribution is 8.02. The van der Waals surface area contributed by atoms with Crippen molar-refractivity contribution in [3.63, 3.8) is 0 Å². The van der Waals surface area contributed by atoms with Gasteiger partial charge in [-0.2, -0.15) is 0 Å². The fourth-order valence-electron chi connectivity index (χ4n) is 7.15. The standard InChI is InChI=1S/C31H40N2O5S/c1-19(2)22(18-34)33-26-28(36)32(25-20(3)12-10-13-21(25)4)16-11-15-31(26)23(27(33)35)24-29(37)38-17-9-7-6-8-14-30(24,5)39-31/h8,10-15,19,22-24,26,34H,6-7,9,16-18H2,1-5H3/b14-8-/t22-,23-,24+,26?,30-,31-/m0/s1. The van der Waals surface area contributed by atoms with Crippen molar-refractivity contribution in [2.45, 2.75) is 75.5 Å². The summed E-state index contributed by atoms with van der Waals surface area (Å²) >= 11 is 1.55. The van der Waals surface area contributed by atoms with E-state index in [1.807, 2.05) is 65.0 Å². The number of para-hydroxylation sites is 1. The Labute approximate surface area is 235 Å². The lowest BCUT2D eigenvalue weighted by atomic mass is 9.74. The number of anilines is 1. The zero-order valence-corrected chi connectivity index (χ0v) is 24.4. The molecule has 0 saturated carbocycles. The van der Waals surface area contributed by atoms with Crippen LogP contribution in [0.15, 0.2) is 42.5 Å². The lowest BCUT2D eigenvalue weighted by molar-refractivity contribution is -0.155. The van der Waals surface area contributed by atoms with Gasteiger partial charge >= 0.3 is 5.97 Å². The van der Waals surface area contributed by atoms with Crippen molar-refractivity contribution >= 4 is 35.2 Å². The van der Waals surface area contributed by atoms with Gasteiger partial charge in [-0.05, 0) is 57.1 Å². The van der Waals surface area contributed by atoms with E-state index in [1.54, 1.807) is 21.6 Å². The summed E-state index contributed by atoms with van der Waals surface area (Å²) in [7, 11) is 0. The summed E-state index contributed by atoms with van der Waals surface area (Å²) in [6.45, 7) is 10.3. The molecule has 6 atom stereocenters. The Morgan fingerprint density at radius 2 is 1.77 bits per heavy atom. The lowest BCUT2D eigenvalue weighted by Gasteiger charge is -2.41. The Kier molecular flexibility index (Phi) is 7.48. The minimum atomic E-state index is -0.974. The summed E-state index contributed by atoms with van der Waals surface area (Å²) in [5, 5.41) is 10.5. The second kappa shape index (κ2) is 10.4. The number of benzene rings is 1. The van der Waals surface area contributed by atoms with Gasteiger partial charge in [-0.3, -0.25) is 14.4 Å². The molecular weight excluding hydrogens is 512 g/mol. The summed E-state index contributed by atoms with van der Waals surface area (Å²) in [5.74, 6) is -2.42. The highest BCUT2D eigenvalue weighted by Gasteiger charge is 2.74. The summed E-state index contributed by atoms with van der Waals surface area (Å²) in [6, 6.07) is 4.53. The van der Waals surface area contributed by atoms with Gasteiger partial charge < -0.3 is 19.6 Å². The molecule has 4 heterocycles. The van der Waals surface area contributed by atoms with Crippen LogP contribution in [0.4, 0.5) is 5.69 Å². The van der Waals surface area contributed by atoms with Gasteiger partial charge in [0.2, 0.25) is 5.91 Å². The zero-order chi connectivity index (χ0) is 28.1. The average Bonchev–Trinajstić information content (AvgIpc) is 3.20. The van der Waals surface area contributed by atoms with E-state index in [9.17, 15) is 19.5 Å². The first-order valence-electron chi connectivity index (χ1n) is 14.1. The van der Waals surface area contributed by atoms with E-state index in [0.29, 0.717) is 13.2 Å². The van der Waals surface area contributed by atoms with Gasteiger partial charge in [0.1, 0.15) is 6.04 Å². The Hall–Kier alpha value is -2.58. The second-order valence-corrected chi connectivity index (χ2v) is 13.7. The second-order valence-electron chi connectivity index (χ2n) is 11.9. The molecule has 1 aromatic carbocycles. The van der Waals surface area contributed by atoms with Crippen LogP contribution in [-0.2, 0) is 19.1 Å². The summed E-state index contributed by atoms with van der Waals surface area (Å²) in [5.41, 5.74) is 2.81. The number of amides is 2. The highest BCUT2D eigenvalue weighted by Crippen LogP contribution is 2.65. The zero-order valence-electron chi connectivity index (χ0n) is 23.6. The molecule has 4 aliphatic heterocycles. The van der Waals surface area contributed by atoms with Crippen molar-refractivity contribution in [3.05, 3.63) is 53.6 Å². The van der Waals surface area contributed by atoms with E-state index in [4.69, 9.17) is 4.74 Å². The van der Waals surface area contributed by atoms with Gasteiger partial charge in [0.25, 0.3) is 5.91 Å². The fourth-order valence-corrected chi connectivity index (χ4v) is 9.29. The number of nitrogens with zero attached hydrogens (tertiary/aromatic N) is 2. The average molecular weight is 553 g/mol. The number of likely N-dealkylation sites (tertiary alicyclic amines) is 1. The number of ether oxygens (including phenoxy) is 1. The molecule has 0 aromatic heterocycles. The smallest absolute Gasteiger partial charge is 0.311 e. The van der Waals surface area contributed by atoms with E-state index in [1.165, 1.54) is 0 Å². The Balaban J connectivity index is 1.71. The molecule has 1 aromatic rings. The maximum Gasteiger partial charge on any atom is 0.311 e. The van der Waals surface area contributed by atoms with E-state index in [2.05, 4.69) is 12.2 Å². The number of carbonyl (C=O) groups excluding carboxylic acids is 3. The number of rotatable bonds is 4. The molecule has 39 heavy (non-hydrogen) atoms. The molecule has 7 nitrogen and oxygen atoms in total. The SMILES string of the molecule is Cc1cccc(C)c1N1CC=C[C@]23S[C@@]4(C)/C=C\CCCCOC(=O)[C@H]4[C@H]2C(=O)N([C@@H](CO)C(C)C)C3C1=O. The molecule has 1 unspecified atom stereocenters. The Morgan fingerprint density at radius 1 is 1.05 bits per heavy atom. The first-order chi connectivity index (χ1) is 18.6. The number of thioether (sulfide) groups is 1. The molecule has 0 aliphatic carbocycles. The van der Waals surface area contributed by atoms with Crippen LogP contribution in [0.3, 0.4) is 0 Å². The normalized spacial score (nSPS) is 34.3. The van der Waals surface area contributed by atoms with E-state index < -0.39 is 33.4 Å². The van der Waals surface area contributed by atoms with Crippen LogP contribution < -0.4 is 4.90 Å². The van der Waals surface area contributed by atoms with E-state index in [0.717, 1.165) is 36.1 Å². The van der Waals surface area contributed by atoms with Gasteiger partial charge in [0.15, 0.2) is 0 Å². The van der Waals surface area contributed by atoms with Crippen LogP contribution in [0.25, 0.3) is 0 Å². The fraction of sp³-hybridized carbons (Fsp3) is 0.581. The van der Waals surface area contributed by atoms with Crippen molar-refractivity contribution in [1.82, 2.24) is 4.90 Å². The molecule has 4 aliphatic rings. The molecule has 0 radical (unpaired) electrons. The third-order valence-corrected chi connectivity index (χ3v) is 10.8. The van der Waals surface area contributed by atoms with Crippen LogP contribution >= 0.6 is 11.8 Å². The van der Waals surface area contributed by atoms with Crippen molar-refractivity contribution in [2.24, 2.45) is 17.8 Å². The molecule has 2 saturated heterocycles. The summed E-state index contributed by atoms with van der Waals surface area (Å²) < 4.78 is 4.06. The third kappa shape index (κ3) is 4.34. The summed E-state index contributed by atoms with van der Waals surface area (Å²) in [4.78, 5) is 46.4. The predicted molar refractivity (Wildman–Crippen MR) is 153 cm³/mol. The molecule has 1 spiro atoms. The molecule has 1 N–H and O–H groups in total. The molecule has 2 fully saturated rings. The van der Waals surface area contributed by atoms with Gasteiger partial charge in [-0.25, -0.2) is 0 Å². The summed E-state index contributed by atoms with van der Waals surface area (Å²) in [6.07, 6.45) is 10.8. The molecule has 2 amide bonds. The Morgan fingerprint density at radius 3 is 2.44 bits per heavy atom. The molecule has 210 valence electrons. The number of esters is 1. The van der Waals surface area contributed by atoms with Gasteiger partial charge in [0.05, 0.1) is 35.8 Å². The number of aliphatic hydroxyl groups is 1. The van der Waals surface area contributed by atoms with Gasteiger partial charge in [-0.1, -0.05) is 56.4 Å². The topological polar surface area (TPSA) is 87.2 Å². The maximum atomic E-state index is 14.8. The lowest BCUT2D eigenvalue weighted by Crippen LogP contribution is -2.58. The van der Waals surface area contributed by atoms with Crippen LogP contribution in [0, 0.1) is 31.6 Å². The Bertz CT molecular complexity index is 1210. The molecule has 5 rings (SSSR count). The quantitative estimate of drug-likeness (QED) is 0.445. The third-order valence-electron chi connectivity index (χ3n) is 8.96. The predicted octanol–water partition coefficient (Wildman–Crippen LogP) is 4.19. The minimum Gasteiger partial charge on any atom is -0.465 e. The van der Waals surface area contributed by atoms with E-state index >= 15 is 0 Å². The van der Waals surface area contributed by atoms with Crippen LogP contribution in [-0.4, -0.2) is 69.1 Å². The number of aliphatic hydroxyl groups excluding tert-OH is 1. The van der Waals surface area contributed by atoms with Crippen LogP contribution in [0.5, 0.6) is 0 Å². The minimum absolute atomic E-state index is 0.0872. The molecule has 8 heteroatoms. The number of allylic oxidation sites excluding steroid dienone is 1. The number of fused-ring (bicyclic) bond motifs is 2. The van der Waals surface area contributed by atoms with Crippen molar-refractivity contribution in [1.29, 1.82) is 0 Å². The van der Waals surface area contributed by atoms with Crippen molar-refractivity contribution in [2.75, 3.05) is 24.7 Å². The van der Waals surface area contributed by atoms with Crippen molar-refractivity contribution in [3.8, 4) is 0 Å². The molecule has 0 bridgehead atoms. The number of hydrogen-bond acceptors (Lipinski definition) is 6. The molecular formula is C31H40N2O5S. The first kappa shape index (κ1) is 28.0. The van der Waals surface area contributed by atoms with E-state index in [-0.39, 0.29) is 30.3 Å². The monoisotopic (exact) mass is 552 g/mol. The van der Waals surface area contributed by atoms with Crippen LogP contribution in [0.2, 0.25) is 0 Å². The van der Waals surface area contributed by atoms with Gasteiger partial charge in [0, 0.05) is 17.0 Å². The largest absolute Gasteiger partial charge is 0.465 e. The number of cyclic esters (lactones) is 1. The van der Waals surface area contributed by atoms with Crippen LogP contribution in [0.1, 0.15) is 51.2 Å².